The molecule has 0 saturated heterocycles. The molecule has 1 heteroatoms. The standard InChI is InChI=1S/C5H6Te/c1-2-4-6-5-3-1/h1-4H,5H2. The maximum atomic E-state index is 2.31. The van der Waals surface area contributed by atoms with Gasteiger partial charge in [-0.1, -0.05) is 0 Å². The van der Waals surface area contributed by atoms with E-state index in [0.29, 0.717) is 20.9 Å². The van der Waals surface area contributed by atoms with Gasteiger partial charge in [-0.05, 0) is 0 Å². The number of hydrogen-bond donors (Lipinski definition) is 0. The van der Waals surface area contributed by atoms with Crippen molar-refractivity contribution < 1.29 is 0 Å². The van der Waals surface area contributed by atoms with Crippen molar-refractivity contribution in [1.29, 1.82) is 0 Å². The monoisotopic (exact) mass is 196 g/mol. The molecule has 0 spiro atoms. The zero-order valence-corrected chi connectivity index (χ0v) is 5.76. The molecular formula is C5H6Te. The number of rotatable bonds is 0. The first kappa shape index (κ1) is 4.43. The molecule has 0 amide bonds. The molecule has 0 atom stereocenters. The van der Waals surface area contributed by atoms with Gasteiger partial charge in [-0.15, -0.1) is 0 Å². The first-order chi connectivity index (χ1) is 3.00. The van der Waals surface area contributed by atoms with E-state index >= 15 is 0 Å². The molecular weight excluding hydrogens is 188 g/mol. The molecule has 0 bridgehead atoms. The van der Waals surface area contributed by atoms with E-state index in [1.165, 1.54) is 4.47 Å². The van der Waals surface area contributed by atoms with Gasteiger partial charge in [0.2, 0.25) is 0 Å². The zero-order valence-electron chi connectivity index (χ0n) is 3.42. The van der Waals surface area contributed by atoms with E-state index < -0.39 is 0 Å². The van der Waals surface area contributed by atoms with Gasteiger partial charge in [0.25, 0.3) is 0 Å². The van der Waals surface area contributed by atoms with Crippen molar-refractivity contribution in [2.24, 2.45) is 0 Å². The van der Waals surface area contributed by atoms with Gasteiger partial charge in [0.1, 0.15) is 0 Å². The van der Waals surface area contributed by atoms with Crippen LogP contribution < -0.4 is 0 Å². The minimum absolute atomic E-state index is 0.305. The van der Waals surface area contributed by atoms with Crippen LogP contribution in [0.5, 0.6) is 0 Å². The van der Waals surface area contributed by atoms with E-state index in [-0.39, 0.29) is 0 Å². The fourth-order valence-electron chi connectivity index (χ4n) is 0.346. The summed E-state index contributed by atoms with van der Waals surface area (Å²) in [4.78, 5) is 0. The maximum absolute atomic E-state index is 2.31. The van der Waals surface area contributed by atoms with Gasteiger partial charge in [-0.3, -0.25) is 0 Å². The molecule has 0 aromatic rings. The predicted molar refractivity (Wildman–Crippen MR) is 28.8 cm³/mol. The van der Waals surface area contributed by atoms with Gasteiger partial charge < -0.3 is 0 Å². The molecule has 0 aromatic heterocycles. The van der Waals surface area contributed by atoms with Crippen molar-refractivity contribution in [2.45, 2.75) is 4.47 Å². The fraction of sp³-hybridized carbons (Fsp3) is 0.200. The average Bonchev–Trinajstić information content (AvgIpc) is 1.72. The molecule has 0 aliphatic carbocycles. The van der Waals surface area contributed by atoms with Crippen LogP contribution in [-0.2, 0) is 0 Å². The summed E-state index contributed by atoms with van der Waals surface area (Å²) < 4.78 is 3.67. The second kappa shape index (κ2) is 2.44. The summed E-state index contributed by atoms with van der Waals surface area (Å²) in [5, 5.41) is 0. The Kier molecular flexibility index (Phi) is 1.80. The van der Waals surface area contributed by atoms with Crippen LogP contribution in [0.2, 0.25) is 4.47 Å². The molecule has 6 heavy (non-hydrogen) atoms. The summed E-state index contributed by atoms with van der Waals surface area (Å²) in [6.45, 7) is 0. The third kappa shape index (κ3) is 1.16. The van der Waals surface area contributed by atoms with Crippen molar-refractivity contribution in [2.75, 3.05) is 0 Å². The fourth-order valence-corrected chi connectivity index (χ4v) is 1.87. The second-order valence-electron chi connectivity index (χ2n) is 1.09. The molecule has 1 rings (SSSR count). The summed E-state index contributed by atoms with van der Waals surface area (Å²) in [5.41, 5.74) is 0. The summed E-state index contributed by atoms with van der Waals surface area (Å²) in [6.07, 6.45) is 6.50. The van der Waals surface area contributed by atoms with Crippen LogP contribution in [-0.4, -0.2) is 20.9 Å². The van der Waals surface area contributed by atoms with Crippen LogP contribution in [0, 0.1) is 0 Å². The van der Waals surface area contributed by atoms with Crippen LogP contribution in [0.25, 0.3) is 0 Å². The van der Waals surface area contributed by atoms with Crippen LogP contribution in [0.1, 0.15) is 0 Å². The van der Waals surface area contributed by atoms with Gasteiger partial charge in [0.05, 0.1) is 0 Å². The summed E-state index contributed by atoms with van der Waals surface area (Å²) in [5.74, 6) is 0. The Morgan fingerprint density at radius 1 is 1.33 bits per heavy atom. The van der Waals surface area contributed by atoms with Crippen molar-refractivity contribution in [3.8, 4) is 0 Å². The first-order valence-electron chi connectivity index (χ1n) is 1.93. The number of allylic oxidation sites excluding steroid dienone is 3. The zero-order chi connectivity index (χ0) is 4.24. The molecule has 1 heterocycles. The van der Waals surface area contributed by atoms with Crippen molar-refractivity contribution in [3.05, 3.63) is 22.4 Å². The minimum atomic E-state index is 0.305. The third-order valence-electron chi connectivity index (χ3n) is 0.614. The Hall–Kier alpha value is 0.270. The van der Waals surface area contributed by atoms with Crippen molar-refractivity contribution >= 4 is 20.9 Å². The van der Waals surface area contributed by atoms with E-state index in [1.54, 1.807) is 0 Å². The molecule has 1 aliphatic heterocycles. The first-order valence-corrected chi connectivity index (χ1v) is 4.93. The Bertz CT molecular complexity index is 69.9. The Morgan fingerprint density at radius 2 is 2.33 bits per heavy atom. The van der Waals surface area contributed by atoms with Gasteiger partial charge >= 0.3 is 47.7 Å². The number of hydrogen-bond acceptors (Lipinski definition) is 0. The molecule has 0 saturated carbocycles. The quantitative estimate of drug-likeness (QED) is 0.507. The van der Waals surface area contributed by atoms with E-state index in [1.807, 2.05) is 0 Å². The van der Waals surface area contributed by atoms with Gasteiger partial charge in [-0.25, -0.2) is 0 Å². The van der Waals surface area contributed by atoms with Gasteiger partial charge in [0, 0.05) is 0 Å². The summed E-state index contributed by atoms with van der Waals surface area (Å²) in [7, 11) is 0. The van der Waals surface area contributed by atoms with E-state index in [2.05, 4.69) is 22.4 Å². The molecule has 32 valence electrons. The van der Waals surface area contributed by atoms with E-state index in [4.69, 9.17) is 0 Å². The topological polar surface area (TPSA) is 0 Å². The average molecular weight is 194 g/mol. The molecule has 0 aromatic carbocycles. The third-order valence-corrected chi connectivity index (χ3v) is 2.71. The summed E-state index contributed by atoms with van der Waals surface area (Å²) >= 11 is 0.305. The van der Waals surface area contributed by atoms with E-state index in [9.17, 15) is 0 Å². The normalized spacial score (nSPS) is 18.7. The van der Waals surface area contributed by atoms with Crippen LogP contribution in [0.3, 0.4) is 0 Å². The Morgan fingerprint density at radius 3 is 2.50 bits per heavy atom. The van der Waals surface area contributed by atoms with Crippen LogP contribution in [0.4, 0.5) is 0 Å². The predicted octanol–water partition coefficient (Wildman–Crippen LogP) is 1.19. The van der Waals surface area contributed by atoms with Crippen LogP contribution >= 0.6 is 0 Å². The van der Waals surface area contributed by atoms with Crippen molar-refractivity contribution in [3.63, 3.8) is 0 Å². The van der Waals surface area contributed by atoms with Crippen LogP contribution in [0.15, 0.2) is 22.4 Å². The summed E-state index contributed by atoms with van der Waals surface area (Å²) in [6, 6.07) is 0. The molecule has 0 unspecified atom stereocenters. The Balaban J connectivity index is 2.46. The van der Waals surface area contributed by atoms with Crippen molar-refractivity contribution in [1.82, 2.24) is 0 Å². The molecule has 1 aliphatic rings. The molecule has 0 N–H and O–H groups in total. The van der Waals surface area contributed by atoms with Gasteiger partial charge in [0.15, 0.2) is 0 Å². The molecule has 0 radical (unpaired) electrons. The van der Waals surface area contributed by atoms with Gasteiger partial charge in [-0.2, -0.15) is 0 Å². The Labute approximate surface area is 48.0 Å². The SMILES string of the molecule is C1=CC[Te]C=C1. The van der Waals surface area contributed by atoms with E-state index in [0.717, 1.165) is 0 Å². The molecule has 0 nitrogen and oxygen atoms in total. The second-order valence-corrected chi connectivity index (χ2v) is 3.77. The molecule has 0 fully saturated rings.